The third-order valence-corrected chi connectivity index (χ3v) is 2.34. The van der Waals surface area contributed by atoms with Gasteiger partial charge in [0.05, 0.1) is 0 Å². The van der Waals surface area contributed by atoms with Gasteiger partial charge in [-0.1, -0.05) is 24.3 Å². The Morgan fingerprint density at radius 3 is 1.45 bits per heavy atom. The highest BCUT2D eigenvalue weighted by molar-refractivity contribution is 5.77. The highest BCUT2D eigenvalue weighted by Gasteiger charge is 2.12. The third-order valence-electron chi connectivity index (χ3n) is 2.34. The van der Waals surface area contributed by atoms with Gasteiger partial charge in [0.1, 0.15) is 11.5 Å². The average molecular weight is 274 g/mol. The quantitative estimate of drug-likeness (QED) is 0.621. The molecule has 0 aliphatic heterocycles. The summed E-state index contributed by atoms with van der Waals surface area (Å²) in [5, 5.41) is 0. The van der Waals surface area contributed by atoms with Crippen molar-refractivity contribution in [2.75, 3.05) is 0 Å². The zero-order valence-corrected chi connectivity index (χ0v) is 12.1. The molecule has 0 heterocycles. The maximum atomic E-state index is 11.2. The van der Waals surface area contributed by atoms with Gasteiger partial charge in [-0.05, 0) is 26.0 Å². The number of ether oxygens (including phenoxy) is 2. The minimum Gasteiger partial charge on any atom is -0.426 e. The number of carbonyl (C=O) groups excluding carboxylic acids is 2. The zero-order chi connectivity index (χ0) is 15.1. The van der Waals surface area contributed by atoms with Crippen molar-refractivity contribution in [2.45, 2.75) is 27.7 Å². The molecule has 1 aromatic rings. The molecule has 0 saturated carbocycles. The van der Waals surface area contributed by atoms with Gasteiger partial charge in [0.25, 0.3) is 0 Å². The van der Waals surface area contributed by atoms with E-state index in [0.29, 0.717) is 22.6 Å². The van der Waals surface area contributed by atoms with E-state index in [1.807, 2.05) is 26.0 Å². The Morgan fingerprint density at radius 2 is 1.20 bits per heavy atom. The van der Waals surface area contributed by atoms with Crippen LogP contribution in [0.15, 0.2) is 24.3 Å². The first-order valence-electron chi connectivity index (χ1n) is 6.28. The van der Waals surface area contributed by atoms with Crippen molar-refractivity contribution in [3.63, 3.8) is 0 Å². The van der Waals surface area contributed by atoms with Gasteiger partial charge >= 0.3 is 11.9 Å². The van der Waals surface area contributed by atoms with E-state index in [1.54, 1.807) is 24.3 Å². The van der Waals surface area contributed by atoms with E-state index >= 15 is 0 Å². The van der Waals surface area contributed by atoms with E-state index in [2.05, 4.69) is 0 Å². The molecule has 0 saturated heterocycles. The molecule has 0 aliphatic rings. The molecule has 0 bridgehead atoms. The fourth-order valence-corrected chi connectivity index (χ4v) is 1.70. The highest BCUT2D eigenvalue weighted by Crippen LogP contribution is 2.31. The van der Waals surface area contributed by atoms with Crippen molar-refractivity contribution in [2.24, 2.45) is 0 Å². The predicted molar refractivity (Wildman–Crippen MR) is 78.5 cm³/mol. The van der Waals surface area contributed by atoms with Crippen LogP contribution < -0.4 is 9.47 Å². The normalized spacial score (nSPS) is 11.0. The summed E-state index contributed by atoms with van der Waals surface area (Å²) >= 11 is 0. The van der Waals surface area contributed by atoms with Crippen LogP contribution in [-0.4, -0.2) is 11.9 Å². The molecule has 0 spiro atoms. The fraction of sp³-hybridized carbons (Fsp3) is 0.250. The Kier molecular flexibility index (Phi) is 5.72. The van der Waals surface area contributed by atoms with Crippen LogP contribution in [0.2, 0.25) is 0 Å². The Hall–Kier alpha value is -2.36. The van der Waals surface area contributed by atoms with Crippen LogP contribution in [0, 0.1) is 0 Å². The average Bonchev–Trinajstić information content (AvgIpc) is 2.33. The smallest absolute Gasteiger partial charge is 0.308 e. The SMILES string of the molecule is CC=Cc1cc(OC(C)=O)c(C=CC)cc1OC(C)=O. The summed E-state index contributed by atoms with van der Waals surface area (Å²) in [7, 11) is 0. The first-order chi connectivity index (χ1) is 9.47. The Bertz CT molecular complexity index is 516. The minimum atomic E-state index is -0.401. The molecule has 1 aromatic carbocycles. The molecule has 106 valence electrons. The molecule has 0 fully saturated rings. The second-order valence-electron chi connectivity index (χ2n) is 4.12. The minimum absolute atomic E-state index is 0.401. The largest absolute Gasteiger partial charge is 0.426 e. The van der Waals surface area contributed by atoms with Crippen LogP contribution in [0.25, 0.3) is 12.2 Å². The second-order valence-corrected chi connectivity index (χ2v) is 4.12. The van der Waals surface area contributed by atoms with Crippen LogP contribution in [-0.2, 0) is 9.59 Å². The summed E-state index contributed by atoms with van der Waals surface area (Å²) in [5.41, 5.74) is 1.35. The maximum absolute atomic E-state index is 11.2. The lowest BCUT2D eigenvalue weighted by atomic mass is 10.1. The summed E-state index contributed by atoms with van der Waals surface area (Å²) in [6, 6.07) is 3.35. The zero-order valence-electron chi connectivity index (χ0n) is 12.1. The fourth-order valence-electron chi connectivity index (χ4n) is 1.70. The number of hydrogen-bond acceptors (Lipinski definition) is 4. The molecule has 1 rings (SSSR count). The number of esters is 2. The van der Waals surface area contributed by atoms with E-state index in [9.17, 15) is 9.59 Å². The van der Waals surface area contributed by atoms with E-state index in [-0.39, 0.29) is 0 Å². The van der Waals surface area contributed by atoms with Crippen LogP contribution in [0.5, 0.6) is 11.5 Å². The maximum Gasteiger partial charge on any atom is 0.308 e. The molecule has 0 aromatic heterocycles. The lowest BCUT2D eigenvalue weighted by Crippen LogP contribution is -2.06. The number of rotatable bonds is 4. The molecule has 0 radical (unpaired) electrons. The van der Waals surface area contributed by atoms with Crippen LogP contribution >= 0.6 is 0 Å². The standard InChI is InChI=1S/C16H18O4/c1-5-7-13-9-16(20-12(4)18)14(8-6-2)10-15(13)19-11(3)17/h5-10H,1-4H3. The van der Waals surface area contributed by atoms with Crippen molar-refractivity contribution in [1.29, 1.82) is 0 Å². The van der Waals surface area contributed by atoms with Crippen LogP contribution in [0.4, 0.5) is 0 Å². The lowest BCUT2D eigenvalue weighted by Gasteiger charge is -2.12. The third kappa shape index (κ3) is 4.39. The van der Waals surface area contributed by atoms with Crippen LogP contribution in [0.3, 0.4) is 0 Å². The summed E-state index contributed by atoms with van der Waals surface area (Å²) in [5.74, 6) is 0.0593. The van der Waals surface area contributed by atoms with Gasteiger partial charge in [-0.3, -0.25) is 9.59 Å². The van der Waals surface area contributed by atoms with Gasteiger partial charge in [-0.15, -0.1) is 0 Å². The first-order valence-corrected chi connectivity index (χ1v) is 6.28. The molecule has 20 heavy (non-hydrogen) atoms. The topological polar surface area (TPSA) is 52.6 Å². The second kappa shape index (κ2) is 7.28. The molecule has 0 unspecified atom stereocenters. The number of benzene rings is 1. The molecule has 4 nitrogen and oxygen atoms in total. The van der Waals surface area contributed by atoms with Crippen LogP contribution in [0.1, 0.15) is 38.8 Å². The lowest BCUT2D eigenvalue weighted by molar-refractivity contribution is -0.133. The number of carbonyl (C=O) groups is 2. The molecular formula is C16H18O4. The van der Waals surface area contributed by atoms with Crippen molar-refractivity contribution < 1.29 is 19.1 Å². The number of allylic oxidation sites excluding steroid dienone is 2. The Morgan fingerprint density at radius 1 is 0.850 bits per heavy atom. The van der Waals surface area contributed by atoms with Gasteiger partial charge in [0.15, 0.2) is 0 Å². The first kappa shape index (κ1) is 15.7. The molecule has 4 heteroatoms. The monoisotopic (exact) mass is 274 g/mol. The van der Waals surface area contributed by atoms with Crippen molar-refractivity contribution in [3.05, 3.63) is 35.4 Å². The summed E-state index contributed by atoms with van der Waals surface area (Å²) in [6.45, 7) is 6.38. The summed E-state index contributed by atoms with van der Waals surface area (Å²) < 4.78 is 10.4. The molecule has 0 N–H and O–H groups in total. The van der Waals surface area contributed by atoms with E-state index in [0.717, 1.165) is 0 Å². The van der Waals surface area contributed by atoms with Crippen molar-refractivity contribution >= 4 is 24.1 Å². The highest BCUT2D eigenvalue weighted by atomic mass is 16.5. The molecule has 0 aliphatic carbocycles. The van der Waals surface area contributed by atoms with Gasteiger partial charge in [-0.2, -0.15) is 0 Å². The molecule has 0 amide bonds. The number of hydrogen-bond donors (Lipinski definition) is 0. The molecule has 0 atom stereocenters. The van der Waals surface area contributed by atoms with Gasteiger partial charge in [-0.25, -0.2) is 0 Å². The van der Waals surface area contributed by atoms with Gasteiger partial charge in [0.2, 0.25) is 0 Å². The summed E-state index contributed by atoms with van der Waals surface area (Å²) in [4.78, 5) is 22.3. The van der Waals surface area contributed by atoms with E-state index in [4.69, 9.17) is 9.47 Å². The molecular weight excluding hydrogens is 256 g/mol. The Balaban J connectivity index is 3.40. The van der Waals surface area contributed by atoms with Gasteiger partial charge in [0, 0.05) is 25.0 Å². The Labute approximate surface area is 118 Å². The van der Waals surface area contributed by atoms with E-state index < -0.39 is 11.9 Å². The van der Waals surface area contributed by atoms with Crippen molar-refractivity contribution in [3.8, 4) is 11.5 Å². The van der Waals surface area contributed by atoms with Gasteiger partial charge < -0.3 is 9.47 Å². The van der Waals surface area contributed by atoms with Crippen molar-refractivity contribution in [1.82, 2.24) is 0 Å². The van der Waals surface area contributed by atoms with E-state index in [1.165, 1.54) is 13.8 Å². The summed E-state index contributed by atoms with van der Waals surface area (Å²) in [6.07, 6.45) is 7.19. The predicted octanol–water partition coefficient (Wildman–Crippen LogP) is 3.60.